The summed E-state index contributed by atoms with van der Waals surface area (Å²) in [6.45, 7) is 1.41. The molecule has 8 nitrogen and oxygen atoms in total. The second-order valence-corrected chi connectivity index (χ2v) is 10.2. The van der Waals surface area contributed by atoms with Crippen LogP contribution in [-0.2, 0) is 30.5 Å². The van der Waals surface area contributed by atoms with Gasteiger partial charge in [0.1, 0.15) is 5.75 Å². The molecular weight excluding hydrogens is 505 g/mol. The van der Waals surface area contributed by atoms with Crippen LogP contribution in [0.1, 0.15) is 35.2 Å². The zero-order valence-electron chi connectivity index (χ0n) is 20.6. The van der Waals surface area contributed by atoms with Crippen molar-refractivity contribution in [3.05, 3.63) is 65.7 Å². The van der Waals surface area contributed by atoms with Gasteiger partial charge in [-0.05, 0) is 85.1 Å². The zero-order valence-corrected chi connectivity index (χ0v) is 22.6. The normalized spacial score (nSPS) is 17.2. The fraction of sp³-hybridized carbons (Fsp3) is 0.333. The van der Waals surface area contributed by atoms with Gasteiger partial charge < -0.3 is 27.7 Å². The first-order chi connectivity index (χ1) is 17.4. The molecule has 0 bridgehead atoms. The Morgan fingerprint density at radius 2 is 1.89 bits per heavy atom. The molecule has 2 amide bonds. The van der Waals surface area contributed by atoms with Gasteiger partial charge in [-0.15, -0.1) is 0 Å². The predicted molar refractivity (Wildman–Crippen MR) is 144 cm³/mol. The van der Waals surface area contributed by atoms with E-state index in [0.717, 1.165) is 40.6 Å². The maximum atomic E-state index is 13.2. The standard InChI is InChI=1S/C27H28N3O5S.Al/c1-35-20-9-7-18(8-10-20)13-15-30-24-12-11-23(21-5-2-6-22(26(21)24)27(30)32)28-25(31)16-19-4-3-14-29(17-19)36(33)34;/h2,5-12,19H,3-4,13-17H2,1H3,(H,28,31);/q-1;+1. The molecule has 0 aromatic heterocycles. The van der Waals surface area contributed by atoms with Crippen LogP contribution < -0.4 is 15.0 Å². The van der Waals surface area contributed by atoms with Gasteiger partial charge in [-0.2, -0.15) is 0 Å². The van der Waals surface area contributed by atoms with E-state index in [9.17, 15) is 18.0 Å². The van der Waals surface area contributed by atoms with Gasteiger partial charge >= 0.3 is 17.4 Å². The molecule has 0 aliphatic carbocycles. The zero-order chi connectivity index (χ0) is 25.2. The van der Waals surface area contributed by atoms with E-state index in [-0.39, 0.29) is 41.5 Å². The van der Waals surface area contributed by atoms with Crippen LogP contribution >= 0.6 is 0 Å². The Morgan fingerprint density at radius 1 is 1.11 bits per heavy atom. The molecule has 1 N–H and O–H groups in total. The van der Waals surface area contributed by atoms with Crippen LogP contribution in [0, 0.1) is 5.92 Å². The van der Waals surface area contributed by atoms with Crippen LogP contribution in [0.2, 0.25) is 0 Å². The van der Waals surface area contributed by atoms with Crippen molar-refractivity contribution in [2.24, 2.45) is 5.92 Å². The molecule has 2 heterocycles. The smallest absolute Gasteiger partial charge is 0.497 e. The third-order valence-corrected chi connectivity index (χ3v) is 7.76. The quantitative estimate of drug-likeness (QED) is 0.350. The molecule has 190 valence electrons. The molecule has 2 radical (unpaired) electrons. The molecule has 0 saturated carbocycles. The predicted octanol–water partition coefficient (Wildman–Crippen LogP) is 3.94. The monoisotopic (exact) mass is 533 g/mol. The van der Waals surface area contributed by atoms with Crippen LogP contribution in [0.4, 0.5) is 11.4 Å². The summed E-state index contributed by atoms with van der Waals surface area (Å²) in [4.78, 5) is 27.9. The molecule has 3 aromatic rings. The SMILES string of the molecule is COc1ccc(CCN2C(=O)c3cccc4c(NC(=O)CC5CCCN([S-](=O)=O)C5)ccc2c34)cc1.[Al+]. The van der Waals surface area contributed by atoms with E-state index >= 15 is 0 Å². The molecule has 10 heteroatoms. The third kappa shape index (κ3) is 5.68. The molecule has 5 rings (SSSR count). The van der Waals surface area contributed by atoms with E-state index in [2.05, 4.69) is 5.32 Å². The molecule has 1 unspecified atom stereocenters. The number of nitrogens with zero attached hydrogens (tertiary/aromatic N) is 2. The number of piperidine rings is 1. The van der Waals surface area contributed by atoms with Gasteiger partial charge in [0.05, 0.1) is 12.8 Å². The summed E-state index contributed by atoms with van der Waals surface area (Å²) in [5.74, 6) is 0.591. The number of carbonyl (C=O) groups excluding carboxylic acids is 2. The minimum Gasteiger partial charge on any atom is -0.497 e. The molecule has 3 aromatic carbocycles. The maximum absolute atomic E-state index is 13.2. The van der Waals surface area contributed by atoms with Crippen molar-refractivity contribution in [3.8, 4) is 5.75 Å². The average molecular weight is 534 g/mol. The minimum atomic E-state index is -2.26. The molecule has 2 aliphatic heterocycles. The molecule has 37 heavy (non-hydrogen) atoms. The minimum absolute atomic E-state index is 0. The van der Waals surface area contributed by atoms with E-state index in [1.807, 2.05) is 54.6 Å². The molecule has 2 aliphatic rings. The number of methoxy groups -OCH3 is 1. The Hall–Kier alpha value is -2.90. The number of hydrogen-bond donors (Lipinski definition) is 1. The Bertz CT molecular complexity index is 1380. The summed E-state index contributed by atoms with van der Waals surface area (Å²) in [6, 6.07) is 17.1. The van der Waals surface area contributed by atoms with E-state index < -0.39 is 10.9 Å². The van der Waals surface area contributed by atoms with Crippen molar-refractivity contribution in [2.45, 2.75) is 25.7 Å². The molecule has 0 spiro atoms. The maximum Gasteiger partial charge on any atom is 1.00 e. The summed E-state index contributed by atoms with van der Waals surface area (Å²) in [6.07, 6.45) is 2.53. The van der Waals surface area contributed by atoms with Crippen molar-refractivity contribution in [1.29, 1.82) is 0 Å². The van der Waals surface area contributed by atoms with Crippen LogP contribution in [-0.4, -0.2) is 60.2 Å². The molecule has 1 saturated heterocycles. The summed E-state index contributed by atoms with van der Waals surface area (Å²) < 4.78 is 29.2. The molecule has 1 fully saturated rings. The second-order valence-electron chi connectivity index (χ2n) is 9.28. The van der Waals surface area contributed by atoms with Crippen molar-refractivity contribution >= 4 is 62.2 Å². The Morgan fingerprint density at radius 3 is 2.62 bits per heavy atom. The van der Waals surface area contributed by atoms with Gasteiger partial charge in [0.25, 0.3) is 5.91 Å². The first kappa shape index (κ1) is 27.1. The van der Waals surface area contributed by atoms with E-state index in [1.54, 1.807) is 12.0 Å². The Balaban J connectivity index is 0.00000320. The Labute approximate surface area is 228 Å². The van der Waals surface area contributed by atoms with Crippen LogP contribution in [0.25, 0.3) is 10.8 Å². The van der Waals surface area contributed by atoms with Crippen LogP contribution in [0.3, 0.4) is 0 Å². The number of anilines is 2. The van der Waals surface area contributed by atoms with Gasteiger partial charge in [0.2, 0.25) is 5.91 Å². The summed E-state index contributed by atoms with van der Waals surface area (Å²) in [5, 5.41) is 4.68. The van der Waals surface area contributed by atoms with Crippen LogP contribution in [0.15, 0.2) is 54.6 Å². The van der Waals surface area contributed by atoms with Gasteiger partial charge in [-0.25, -0.2) is 0 Å². The number of nitrogens with one attached hydrogen (secondary N) is 1. The topological polar surface area (TPSA) is 96.0 Å². The molecule has 1 atom stereocenters. The number of benzene rings is 3. The van der Waals surface area contributed by atoms with Gasteiger partial charge in [-0.1, -0.05) is 24.3 Å². The number of amides is 2. The summed E-state index contributed by atoms with van der Waals surface area (Å²) in [7, 11) is -0.623. The van der Waals surface area contributed by atoms with E-state index in [0.29, 0.717) is 37.3 Å². The van der Waals surface area contributed by atoms with E-state index in [1.165, 1.54) is 4.31 Å². The van der Waals surface area contributed by atoms with Crippen LogP contribution in [0.5, 0.6) is 5.75 Å². The van der Waals surface area contributed by atoms with Crippen molar-refractivity contribution in [3.63, 3.8) is 0 Å². The van der Waals surface area contributed by atoms with Gasteiger partial charge in [0.15, 0.2) is 0 Å². The van der Waals surface area contributed by atoms with E-state index in [4.69, 9.17) is 4.74 Å². The first-order valence-corrected chi connectivity index (χ1v) is 13.1. The largest absolute Gasteiger partial charge is 1.00 e. The fourth-order valence-electron chi connectivity index (χ4n) is 5.20. The Kier molecular flexibility index (Phi) is 8.55. The van der Waals surface area contributed by atoms with Crippen molar-refractivity contribution in [1.82, 2.24) is 4.31 Å². The van der Waals surface area contributed by atoms with Gasteiger partial charge in [0, 0.05) is 35.0 Å². The summed E-state index contributed by atoms with van der Waals surface area (Å²) >= 11 is 0. The third-order valence-electron chi connectivity index (χ3n) is 7.01. The number of ether oxygens (including phenoxy) is 1. The fourth-order valence-corrected chi connectivity index (χ4v) is 5.81. The average Bonchev–Trinajstić information content (AvgIpc) is 3.16. The number of carbonyl (C=O) groups is 2. The molecular formula is C27H28AlN3O5S. The van der Waals surface area contributed by atoms with Gasteiger partial charge in [-0.3, -0.25) is 9.59 Å². The van der Waals surface area contributed by atoms with Crippen molar-refractivity contribution < 1.29 is 22.7 Å². The number of hydrogen-bond acceptors (Lipinski definition) is 6. The number of rotatable bonds is 8. The summed E-state index contributed by atoms with van der Waals surface area (Å²) in [5.41, 5.74) is 3.25. The second kappa shape index (κ2) is 11.7. The first-order valence-electron chi connectivity index (χ1n) is 12.1. The van der Waals surface area contributed by atoms with Crippen molar-refractivity contribution in [2.75, 3.05) is 37.0 Å².